The fourth-order valence-corrected chi connectivity index (χ4v) is 8.02. The van der Waals surface area contributed by atoms with Crippen molar-refractivity contribution in [1.82, 2.24) is 0 Å². The minimum Gasteiger partial charge on any atom is -0.477 e. The number of carbonyl (C=O) groups is 1. The van der Waals surface area contributed by atoms with Crippen molar-refractivity contribution in [2.75, 3.05) is 0 Å². The summed E-state index contributed by atoms with van der Waals surface area (Å²) in [5.41, 5.74) is 5.11. The molecule has 18 heavy (non-hydrogen) atoms. The topological polar surface area (TPSA) is 37.3 Å². The molecule has 4 heteroatoms. The third-order valence-electron chi connectivity index (χ3n) is 3.56. The number of allylic oxidation sites excluding steroid dienone is 1. The van der Waals surface area contributed by atoms with Gasteiger partial charge in [0.15, 0.2) is 0 Å². The Kier molecular flexibility index (Phi) is 6.94. The molecule has 0 aromatic heterocycles. The first kappa shape index (κ1) is 17.5. The van der Waals surface area contributed by atoms with Crippen LogP contribution in [-0.2, 0) is 4.79 Å². The summed E-state index contributed by atoms with van der Waals surface area (Å²) >= 11 is 3.00. The average Bonchev–Trinajstić information content (AvgIpc) is 2.21. The van der Waals surface area contributed by atoms with Gasteiger partial charge in [0, 0.05) is 6.08 Å². The van der Waals surface area contributed by atoms with Crippen LogP contribution in [0.1, 0.15) is 41.5 Å². The average molecular weight is 331 g/mol. The first-order valence-electron chi connectivity index (χ1n) is 6.27. The molecule has 0 aliphatic heterocycles. The molecule has 0 bridgehead atoms. The van der Waals surface area contributed by atoms with Crippen LogP contribution in [0.5, 0.6) is 0 Å². The van der Waals surface area contributed by atoms with Crippen LogP contribution < -0.4 is 0 Å². The number of hydrogen-bond donors (Lipinski definition) is 1. The van der Waals surface area contributed by atoms with Gasteiger partial charge in [0.2, 0.25) is 0 Å². The molecule has 0 spiro atoms. The number of aliphatic carboxylic acids is 1. The molecule has 0 saturated heterocycles. The molecule has 0 aromatic rings. The standard InChI is InChI=1S/C14H23BrO2Si/c1-10(2)18(11(3)4,12(5)6)9-7-8-13(15)14(16)17/h8,10-12H,1-6H3,(H,16,17)/b13-8+. The van der Waals surface area contributed by atoms with Crippen molar-refractivity contribution in [1.29, 1.82) is 0 Å². The fraction of sp³-hybridized carbons (Fsp3) is 0.643. The van der Waals surface area contributed by atoms with Crippen molar-refractivity contribution in [2.24, 2.45) is 0 Å². The summed E-state index contributed by atoms with van der Waals surface area (Å²) in [7, 11) is -1.75. The molecular weight excluding hydrogens is 308 g/mol. The second-order valence-electron chi connectivity index (χ2n) is 5.46. The second-order valence-corrected chi connectivity index (χ2v) is 11.9. The molecule has 0 saturated carbocycles. The van der Waals surface area contributed by atoms with Gasteiger partial charge in [-0.25, -0.2) is 4.79 Å². The number of hydrogen-bond acceptors (Lipinski definition) is 1. The van der Waals surface area contributed by atoms with Crippen LogP contribution in [0.4, 0.5) is 0 Å². The van der Waals surface area contributed by atoms with Gasteiger partial charge in [0.1, 0.15) is 12.6 Å². The van der Waals surface area contributed by atoms with E-state index in [1.54, 1.807) is 0 Å². The number of halogens is 1. The second kappa shape index (κ2) is 7.15. The first-order valence-corrected chi connectivity index (χ1v) is 9.30. The Hall–Kier alpha value is -0.533. The summed E-state index contributed by atoms with van der Waals surface area (Å²) in [5.74, 6) is 2.00. The minimum absolute atomic E-state index is 0.120. The molecule has 0 fully saturated rings. The molecule has 0 aliphatic carbocycles. The van der Waals surface area contributed by atoms with Crippen LogP contribution in [0.2, 0.25) is 16.6 Å². The normalized spacial score (nSPS) is 12.9. The summed E-state index contributed by atoms with van der Waals surface area (Å²) in [6.45, 7) is 13.4. The first-order chi connectivity index (χ1) is 8.16. The van der Waals surface area contributed by atoms with Crippen LogP contribution in [0.15, 0.2) is 10.6 Å². The van der Waals surface area contributed by atoms with Crippen LogP contribution in [-0.4, -0.2) is 19.1 Å². The summed E-state index contributed by atoms with van der Waals surface area (Å²) in [6, 6.07) is 0. The maximum atomic E-state index is 10.7. The molecule has 1 N–H and O–H groups in total. The lowest BCUT2D eigenvalue weighted by Gasteiger charge is -2.37. The van der Waals surface area contributed by atoms with Crippen LogP contribution in [0.25, 0.3) is 0 Å². The smallest absolute Gasteiger partial charge is 0.343 e. The maximum absolute atomic E-state index is 10.7. The van der Waals surface area contributed by atoms with E-state index in [0.29, 0.717) is 16.6 Å². The zero-order valence-corrected chi connectivity index (χ0v) is 14.6. The highest BCUT2D eigenvalue weighted by molar-refractivity contribution is 9.12. The van der Waals surface area contributed by atoms with E-state index in [2.05, 4.69) is 68.9 Å². The Morgan fingerprint density at radius 1 is 1.11 bits per heavy atom. The van der Waals surface area contributed by atoms with Gasteiger partial charge in [-0.3, -0.25) is 0 Å². The third kappa shape index (κ3) is 3.99. The van der Waals surface area contributed by atoms with Gasteiger partial charge in [-0.2, -0.15) is 0 Å². The molecule has 0 heterocycles. The fourth-order valence-electron chi connectivity index (χ4n) is 2.72. The zero-order valence-electron chi connectivity index (χ0n) is 12.0. The van der Waals surface area contributed by atoms with Crippen LogP contribution in [0, 0.1) is 11.5 Å². The highest BCUT2D eigenvalue weighted by atomic mass is 79.9. The summed E-state index contributed by atoms with van der Waals surface area (Å²) in [4.78, 5) is 10.7. The van der Waals surface area contributed by atoms with Crippen molar-refractivity contribution in [3.63, 3.8) is 0 Å². The van der Waals surface area contributed by atoms with E-state index in [4.69, 9.17) is 5.11 Å². The lowest BCUT2D eigenvalue weighted by atomic mass is 10.5. The summed E-state index contributed by atoms with van der Waals surface area (Å²) in [5, 5.41) is 8.77. The quantitative estimate of drug-likeness (QED) is 0.465. The molecule has 0 radical (unpaired) electrons. The van der Waals surface area contributed by atoms with Crippen molar-refractivity contribution >= 4 is 30.0 Å². The molecular formula is C14H23BrO2Si. The molecule has 0 rings (SSSR count). The highest BCUT2D eigenvalue weighted by Gasteiger charge is 2.41. The Balaban J connectivity index is 5.46. The van der Waals surface area contributed by atoms with Crippen molar-refractivity contribution in [3.05, 3.63) is 10.6 Å². The van der Waals surface area contributed by atoms with Crippen molar-refractivity contribution in [3.8, 4) is 11.5 Å². The lowest BCUT2D eigenvalue weighted by Crippen LogP contribution is -2.43. The number of carboxylic acid groups (broad SMARTS) is 1. The minimum atomic E-state index is -1.75. The van der Waals surface area contributed by atoms with Gasteiger partial charge < -0.3 is 5.11 Å². The third-order valence-corrected chi connectivity index (χ3v) is 10.4. The van der Waals surface area contributed by atoms with Crippen LogP contribution in [0.3, 0.4) is 0 Å². The Bertz CT molecular complexity index is 365. The molecule has 0 aromatic carbocycles. The van der Waals surface area contributed by atoms with E-state index in [9.17, 15) is 4.79 Å². The van der Waals surface area contributed by atoms with E-state index in [1.165, 1.54) is 6.08 Å². The molecule has 102 valence electrons. The largest absolute Gasteiger partial charge is 0.477 e. The monoisotopic (exact) mass is 330 g/mol. The van der Waals surface area contributed by atoms with Crippen molar-refractivity contribution in [2.45, 2.75) is 58.2 Å². The lowest BCUT2D eigenvalue weighted by molar-refractivity contribution is -0.131. The van der Waals surface area contributed by atoms with Gasteiger partial charge in [0.05, 0.1) is 0 Å². The molecule has 0 aliphatic rings. The molecule has 0 unspecified atom stereocenters. The van der Waals surface area contributed by atoms with E-state index in [1.807, 2.05) is 0 Å². The number of rotatable bonds is 4. The van der Waals surface area contributed by atoms with E-state index < -0.39 is 14.0 Å². The Morgan fingerprint density at radius 3 is 1.78 bits per heavy atom. The van der Waals surface area contributed by atoms with Crippen LogP contribution >= 0.6 is 15.9 Å². The predicted octanol–water partition coefficient (Wildman–Crippen LogP) is 4.57. The van der Waals surface area contributed by atoms with E-state index in [-0.39, 0.29) is 4.48 Å². The van der Waals surface area contributed by atoms with Gasteiger partial charge in [0.25, 0.3) is 0 Å². The molecule has 0 amide bonds. The highest BCUT2D eigenvalue weighted by Crippen LogP contribution is 2.40. The van der Waals surface area contributed by atoms with Gasteiger partial charge in [-0.15, -0.1) is 5.54 Å². The summed E-state index contributed by atoms with van der Waals surface area (Å²) < 4.78 is 0.120. The number of carboxylic acids is 1. The SMILES string of the molecule is CC(C)[Si](C#C/C=C(/Br)C(=O)O)(C(C)C)C(C)C. The molecule has 2 nitrogen and oxygen atoms in total. The maximum Gasteiger partial charge on any atom is 0.343 e. The Labute approximate surface area is 120 Å². The van der Waals surface area contributed by atoms with Gasteiger partial charge >= 0.3 is 5.97 Å². The van der Waals surface area contributed by atoms with E-state index >= 15 is 0 Å². The van der Waals surface area contributed by atoms with Crippen molar-refractivity contribution < 1.29 is 9.90 Å². The molecule has 0 atom stereocenters. The predicted molar refractivity (Wildman–Crippen MR) is 83.5 cm³/mol. The summed E-state index contributed by atoms with van der Waals surface area (Å²) in [6.07, 6.45) is 1.46. The Morgan fingerprint density at radius 2 is 1.50 bits per heavy atom. The van der Waals surface area contributed by atoms with Gasteiger partial charge in [-0.1, -0.05) is 47.5 Å². The van der Waals surface area contributed by atoms with E-state index in [0.717, 1.165) is 0 Å². The zero-order chi connectivity index (χ0) is 14.5. The van der Waals surface area contributed by atoms with Gasteiger partial charge in [-0.05, 0) is 32.6 Å².